The Morgan fingerprint density at radius 2 is 2.00 bits per heavy atom. The first-order chi connectivity index (χ1) is 6.77. The smallest absolute Gasteiger partial charge is 0.0673 e. The van der Waals surface area contributed by atoms with Crippen LogP contribution in [0.15, 0.2) is 0 Å². The molecule has 0 aromatic carbocycles. The van der Waals surface area contributed by atoms with Gasteiger partial charge in [-0.25, -0.2) is 0 Å². The highest BCUT2D eigenvalue weighted by Gasteiger charge is 2.41. The number of rotatable bonds is 2. The van der Waals surface area contributed by atoms with Gasteiger partial charge in [-0.3, -0.25) is 0 Å². The van der Waals surface area contributed by atoms with Gasteiger partial charge >= 0.3 is 0 Å². The fourth-order valence-corrected chi connectivity index (χ4v) is 4.87. The Kier molecular flexibility index (Phi) is 3.43. The molecule has 0 aromatic rings. The largest absolute Gasteiger partial charge is 0.300 e. The Morgan fingerprint density at radius 3 is 2.57 bits per heavy atom. The van der Waals surface area contributed by atoms with Crippen LogP contribution < -0.4 is 5.32 Å². The monoisotopic (exact) mass is 213 g/mol. The van der Waals surface area contributed by atoms with Crippen LogP contribution in [0.3, 0.4) is 0 Å². The molecule has 1 heterocycles. The molecular weight excluding hydrogens is 190 g/mol. The van der Waals surface area contributed by atoms with Gasteiger partial charge < -0.3 is 5.32 Å². The lowest BCUT2D eigenvalue weighted by Crippen LogP contribution is -2.54. The van der Waals surface area contributed by atoms with Gasteiger partial charge in [0.05, 0.1) is 4.87 Å². The lowest BCUT2D eigenvalue weighted by Gasteiger charge is -2.44. The van der Waals surface area contributed by atoms with Crippen molar-refractivity contribution in [1.82, 2.24) is 5.32 Å². The van der Waals surface area contributed by atoms with Crippen molar-refractivity contribution in [3.63, 3.8) is 0 Å². The van der Waals surface area contributed by atoms with Crippen LogP contribution in [0.25, 0.3) is 0 Å². The molecule has 0 aromatic heterocycles. The number of thioether (sulfide) groups is 1. The number of hydrogen-bond donors (Lipinski definition) is 1. The number of nitrogens with one attached hydrogen (secondary N) is 1. The third kappa shape index (κ3) is 1.96. The maximum atomic E-state index is 3.88. The second-order valence-electron chi connectivity index (χ2n) is 4.91. The molecule has 14 heavy (non-hydrogen) atoms. The second-order valence-corrected chi connectivity index (χ2v) is 6.33. The molecule has 1 aliphatic carbocycles. The average molecular weight is 213 g/mol. The van der Waals surface area contributed by atoms with Crippen LogP contribution >= 0.6 is 11.8 Å². The van der Waals surface area contributed by atoms with E-state index in [1.807, 2.05) is 0 Å². The molecule has 2 fully saturated rings. The molecule has 2 aliphatic rings. The molecule has 2 atom stereocenters. The van der Waals surface area contributed by atoms with Crippen LogP contribution in [-0.2, 0) is 0 Å². The Balaban J connectivity index is 2.06. The lowest BCUT2D eigenvalue weighted by molar-refractivity contribution is 0.273. The molecule has 0 radical (unpaired) electrons. The minimum absolute atomic E-state index is 0.439. The van der Waals surface area contributed by atoms with Crippen molar-refractivity contribution in [2.45, 2.75) is 63.3 Å². The van der Waals surface area contributed by atoms with E-state index in [0.717, 1.165) is 12.0 Å². The predicted molar refractivity (Wildman–Crippen MR) is 64.7 cm³/mol. The molecule has 0 bridgehead atoms. The van der Waals surface area contributed by atoms with Crippen molar-refractivity contribution < 1.29 is 0 Å². The third-order valence-electron chi connectivity index (χ3n) is 3.94. The van der Waals surface area contributed by atoms with E-state index in [4.69, 9.17) is 0 Å². The van der Waals surface area contributed by atoms with E-state index in [0.29, 0.717) is 4.87 Å². The molecule has 1 nitrogen and oxygen atoms in total. The summed E-state index contributed by atoms with van der Waals surface area (Å²) in [6.45, 7) is 4.70. The van der Waals surface area contributed by atoms with Crippen LogP contribution in [0.4, 0.5) is 0 Å². The minimum Gasteiger partial charge on any atom is -0.300 e. The summed E-state index contributed by atoms with van der Waals surface area (Å²) in [5.74, 6) is 2.30. The topological polar surface area (TPSA) is 12.0 Å². The van der Waals surface area contributed by atoms with Gasteiger partial charge in [-0.1, -0.05) is 19.8 Å². The fraction of sp³-hybridized carbons (Fsp3) is 1.00. The zero-order valence-corrected chi connectivity index (χ0v) is 10.3. The van der Waals surface area contributed by atoms with Crippen LogP contribution in [-0.4, -0.2) is 16.7 Å². The summed E-state index contributed by atoms with van der Waals surface area (Å²) in [7, 11) is 0. The second kappa shape index (κ2) is 4.44. The molecule has 2 unspecified atom stereocenters. The van der Waals surface area contributed by atoms with Crippen molar-refractivity contribution in [3.05, 3.63) is 0 Å². The molecule has 1 aliphatic heterocycles. The SMILES string of the molecule is CCC1(C2CCCC2)NC(C)CCS1. The van der Waals surface area contributed by atoms with Crippen molar-refractivity contribution in [2.24, 2.45) is 5.92 Å². The summed E-state index contributed by atoms with van der Waals surface area (Å²) >= 11 is 2.20. The summed E-state index contributed by atoms with van der Waals surface area (Å²) in [5, 5.41) is 3.88. The van der Waals surface area contributed by atoms with E-state index >= 15 is 0 Å². The van der Waals surface area contributed by atoms with E-state index in [-0.39, 0.29) is 0 Å². The van der Waals surface area contributed by atoms with Crippen molar-refractivity contribution in [3.8, 4) is 0 Å². The molecular formula is C12H23NS. The lowest BCUT2D eigenvalue weighted by atomic mass is 9.93. The summed E-state index contributed by atoms with van der Waals surface area (Å²) < 4.78 is 0. The van der Waals surface area contributed by atoms with Gasteiger partial charge in [0.1, 0.15) is 0 Å². The molecule has 1 saturated carbocycles. The molecule has 2 rings (SSSR count). The first-order valence-electron chi connectivity index (χ1n) is 6.18. The molecule has 2 heteroatoms. The van der Waals surface area contributed by atoms with Crippen LogP contribution in [0, 0.1) is 5.92 Å². The molecule has 0 amide bonds. The maximum Gasteiger partial charge on any atom is 0.0673 e. The fourth-order valence-electron chi connectivity index (χ4n) is 3.07. The van der Waals surface area contributed by atoms with Gasteiger partial charge in [0.25, 0.3) is 0 Å². The van der Waals surface area contributed by atoms with Crippen molar-refractivity contribution in [2.75, 3.05) is 5.75 Å². The Bertz CT molecular complexity index is 189. The van der Waals surface area contributed by atoms with E-state index in [2.05, 4.69) is 30.9 Å². The minimum atomic E-state index is 0.439. The van der Waals surface area contributed by atoms with Gasteiger partial charge in [-0.05, 0) is 44.3 Å². The van der Waals surface area contributed by atoms with Gasteiger partial charge in [0, 0.05) is 6.04 Å². The summed E-state index contributed by atoms with van der Waals surface area (Å²) in [5.41, 5.74) is 0. The standard InChI is InChI=1S/C12H23NS/c1-3-12(11-6-4-5-7-11)13-10(2)8-9-14-12/h10-11,13H,3-9H2,1-2H3. The normalized spacial score (nSPS) is 40.3. The zero-order chi connectivity index (χ0) is 10.0. The first kappa shape index (κ1) is 10.8. The van der Waals surface area contributed by atoms with Gasteiger partial charge in [-0.15, -0.1) is 11.8 Å². The molecule has 0 spiro atoms. The average Bonchev–Trinajstić information content (AvgIpc) is 2.71. The predicted octanol–water partition coefficient (Wildman–Crippen LogP) is 3.40. The highest BCUT2D eigenvalue weighted by Crippen LogP contribution is 2.45. The van der Waals surface area contributed by atoms with Crippen LogP contribution in [0.2, 0.25) is 0 Å². The van der Waals surface area contributed by atoms with E-state index in [1.165, 1.54) is 44.3 Å². The Hall–Kier alpha value is 0.310. The van der Waals surface area contributed by atoms with E-state index in [9.17, 15) is 0 Å². The van der Waals surface area contributed by atoms with Crippen LogP contribution in [0.1, 0.15) is 52.4 Å². The van der Waals surface area contributed by atoms with E-state index in [1.54, 1.807) is 0 Å². The highest BCUT2D eigenvalue weighted by molar-refractivity contribution is 8.00. The van der Waals surface area contributed by atoms with Gasteiger partial charge in [0.2, 0.25) is 0 Å². The van der Waals surface area contributed by atoms with Gasteiger partial charge in [0.15, 0.2) is 0 Å². The number of hydrogen-bond acceptors (Lipinski definition) is 2. The zero-order valence-electron chi connectivity index (χ0n) is 9.51. The third-order valence-corrected chi connectivity index (χ3v) is 5.64. The summed E-state index contributed by atoms with van der Waals surface area (Å²) in [6.07, 6.45) is 8.49. The van der Waals surface area contributed by atoms with Gasteiger partial charge in [-0.2, -0.15) is 0 Å². The molecule has 1 N–H and O–H groups in total. The Labute approximate surface area is 92.4 Å². The van der Waals surface area contributed by atoms with Crippen LogP contribution in [0.5, 0.6) is 0 Å². The molecule has 1 saturated heterocycles. The quantitative estimate of drug-likeness (QED) is 0.754. The summed E-state index contributed by atoms with van der Waals surface area (Å²) in [4.78, 5) is 0.439. The molecule has 82 valence electrons. The Morgan fingerprint density at radius 1 is 1.29 bits per heavy atom. The highest BCUT2D eigenvalue weighted by atomic mass is 32.2. The van der Waals surface area contributed by atoms with Crippen molar-refractivity contribution >= 4 is 11.8 Å². The van der Waals surface area contributed by atoms with Crippen molar-refractivity contribution in [1.29, 1.82) is 0 Å². The van der Waals surface area contributed by atoms with E-state index < -0.39 is 0 Å². The first-order valence-corrected chi connectivity index (χ1v) is 7.17. The summed E-state index contributed by atoms with van der Waals surface area (Å²) in [6, 6.07) is 0.733. The maximum absolute atomic E-state index is 3.88.